The van der Waals surface area contributed by atoms with E-state index in [2.05, 4.69) is 5.10 Å². The van der Waals surface area contributed by atoms with Crippen molar-refractivity contribution in [2.75, 3.05) is 0 Å². The van der Waals surface area contributed by atoms with Crippen LogP contribution in [0.25, 0.3) is 0 Å². The van der Waals surface area contributed by atoms with E-state index in [9.17, 15) is 8.78 Å². The Morgan fingerprint density at radius 2 is 1.93 bits per heavy atom. The fourth-order valence-electron chi connectivity index (χ4n) is 0.978. The van der Waals surface area contributed by atoms with Gasteiger partial charge in [-0.1, -0.05) is 11.6 Å². The zero-order valence-corrected chi connectivity index (χ0v) is 10.9. The van der Waals surface area contributed by atoms with Gasteiger partial charge in [-0.3, -0.25) is 0 Å². The molecular formula is C8H10ClF2IN2. The molecule has 0 aromatic carbocycles. The largest absolute Gasteiger partial charge is 0.283 e. The molecule has 0 spiro atoms. The summed E-state index contributed by atoms with van der Waals surface area (Å²) in [5.74, 6) is 0. The average molecular weight is 335 g/mol. The summed E-state index contributed by atoms with van der Waals surface area (Å²) in [6, 6.07) is 0. The Bertz CT molecular complexity index is 344. The molecule has 0 atom stereocenters. The number of alkyl halides is 2. The third-order valence-electron chi connectivity index (χ3n) is 1.64. The van der Waals surface area contributed by atoms with Crippen molar-refractivity contribution in [3.8, 4) is 0 Å². The predicted molar refractivity (Wildman–Crippen MR) is 59.9 cm³/mol. The topological polar surface area (TPSA) is 17.8 Å². The number of hydrogen-bond donors (Lipinski definition) is 0. The molecule has 80 valence electrons. The van der Waals surface area contributed by atoms with E-state index in [0.717, 1.165) is 0 Å². The van der Waals surface area contributed by atoms with Crippen LogP contribution < -0.4 is 0 Å². The van der Waals surface area contributed by atoms with Gasteiger partial charge in [-0.15, -0.1) is 0 Å². The van der Waals surface area contributed by atoms with Gasteiger partial charge in [0, 0.05) is 0 Å². The molecule has 0 amide bonds. The van der Waals surface area contributed by atoms with Crippen LogP contribution in [0.3, 0.4) is 0 Å². The maximum Gasteiger partial charge on any atom is 0.283 e. The van der Waals surface area contributed by atoms with Crippen LogP contribution >= 0.6 is 34.2 Å². The van der Waals surface area contributed by atoms with Gasteiger partial charge in [-0.2, -0.15) is 5.10 Å². The number of nitrogens with zero attached hydrogens (tertiary/aromatic N) is 2. The van der Waals surface area contributed by atoms with Crippen molar-refractivity contribution in [1.29, 1.82) is 0 Å². The Morgan fingerprint density at radius 3 is 2.14 bits per heavy atom. The van der Waals surface area contributed by atoms with Gasteiger partial charge >= 0.3 is 0 Å². The summed E-state index contributed by atoms with van der Waals surface area (Å²) >= 11 is 7.69. The normalized spacial score (nSPS) is 12.6. The highest BCUT2D eigenvalue weighted by molar-refractivity contribution is 14.1. The van der Waals surface area contributed by atoms with Crippen LogP contribution in [0.4, 0.5) is 8.78 Å². The quantitative estimate of drug-likeness (QED) is 0.714. The maximum atomic E-state index is 12.5. The van der Waals surface area contributed by atoms with E-state index in [1.165, 1.54) is 4.68 Å². The van der Waals surface area contributed by atoms with Crippen LogP contribution in [0.15, 0.2) is 0 Å². The number of rotatable bonds is 1. The first kappa shape index (κ1) is 12.2. The molecule has 0 saturated carbocycles. The lowest BCUT2D eigenvalue weighted by molar-refractivity contribution is 0.142. The summed E-state index contributed by atoms with van der Waals surface area (Å²) in [6.07, 6.45) is -2.58. The van der Waals surface area contributed by atoms with Gasteiger partial charge in [-0.05, 0) is 43.4 Å². The van der Waals surface area contributed by atoms with Gasteiger partial charge in [0.1, 0.15) is 10.8 Å². The van der Waals surface area contributed by atoms with Crippen LogP contribution in [-0.2, 0) is 5.54 Å². The van der Waals surface area contributed by atoms with Crippen LogP contribution in [0.1, 0.15) is 32.9 Å². The second-order valence-corrected chi connectivity index (χ2v) is 5.31. The molecule has 0 fully saturated rings. The first-order valence-electron chi connectivity index (χ1n) is 3.97. The Labute approximate surface area is 99.8 Å². The minimum absolute atomic E-state index is 0.245. The van der Waals surface area contributed by atoms with Crippen LogP contribution in [0.5, 0.6) is 0 Å². The van der Waals surface area contributed by atoms with Gasteiger partial charge in [-0.25, -0.2) is 13.5 Å². The van der Waals surface area contributed by atoms with Crippen molar-refractivity contribution in [3.05, 3.63) is 14.4 Å². The summed E-state index contributed by atoms with van der Waals surface area (Å²) in [4.78, 5) is 0. The van der Waals surface area contributed by atoms with Crippen LogP contribution in [-0.4, -0.2) is 9.78 Å². The molecule has 1 rings (SSSR count). The molecule has 0 bridgehead atoms. The van der Waals surface area contributed by atoms with Gasteiger partial charge < -0.3 is 0 Å². The second kappa shape index (κ2) is 3.92. The van der Waals surface area contributed by atoms with Gasteiger partial charge in [0.05, 0.1) is 9.11 Å². The van der Waals surface area contributed by atoms with Crippen molar-refractivity contribution in [2.45, 2.75) is 32.7 Å². The molecule has 0 N–H and O–H groups in total. The summed E-state index contributed by atoms with van der Waals surface area (Å²) in [7, 11) is 0. The lowest BCUT2D eigenvalue weighted by Crippen LogP contribution is -2.23. The molecule has 0 aliphatic rings. The third-order valence-corrected chi connectivity index (χ3v) is 3.37. The molecule has 2 nitrogen and oxygen atoms in total. The zero-order chi connectivity index (χ0) is 11.1. The highest BCUT2D eigenvalue weighted by Crippen LogP contribution is 2.32. The molecule has 1 heterocycles. The lowest BCUT2D eigenvalue weighted by atomic mass is 10.1. The Kier molecular flexibility index (Phi) is 3.41. The molecule has 6 heteroatoms. The number of aromatic nitrogens is 2. The SMILES string of the molecule is CC(C)(C)n1nc(C(F)F)c(I)c1Cl. The van der Waals surface area contributed by atoms with Crippen molar-refractivity contribution < 1.29 is 8.78 Å². The number of hydrogen-bond acceptors (Lipinski definition) is 1. The van der Waals surface area contributed by atoms with Crippen molar-refractivity contribution in [2.24, 2.45) is 0 Å². The minimum Gasteiger partial charge on any atom is -0.247 e. The van der Waals surface area contributed by atoms with Crippen molar-refractivity contribution >= 4 is 34.2 Å². The summed E-state index contributed by atoms with van der Waals surface area (Å²) in [6.45, 7) is 5.58. The van der Waals surface area contributed by atoms with E-state index in [-0.39, 0.29) is 16.4 Å². The van der Waals surface area contributed by atoms with E-state index in [4.69, 9.17) is 11.6 Å². The monoisotopic (exact) mass is 334 g/mol. The van der Waals surface area contributed by atoms with E-state index >= 15 is 0 Å². The first-order valence-corrected chi connectivity index (χ1v) is 5.43. The smallest absolute Gasteiger partial charge is 0.247 e. The lowest BCUT2D eigenvalue weighted by Gasteiger charge is -2.20. The molecule has 0 radical (unpaired) electrons. The molecular weight excluding hydrogens is 324 g/mol. The standard InChI is InChI=1S/C8H10ClF2IN2/c1-8(2,3)14-6(9)4(12)5(13-14)7(10)11/h7H,1-3H3. The van der Waals surface area contributed by atoms with E-state index in [1.54, 1.807) is 22.6 Å². The van der Waals surface area contributed by atoms with Crippen molar-refractivity contribution in [1.82, 2.24) is 9.78 Å². The highest BCUT2D eigenvalue weighted by atomic mass is 127. The third kappa shape index (κ3) is 2.18. The summed E-state index contributed by atoms with van der Waals surface area (Å²) in [5, 5.41) is 4.08. The van der Waals surface area contributed by atoms with Crippen LogP contribution in [0, 0.1) is 3.57 Å². The zero-order valence-electron chi connectivity index (χ0n) is 7.98. The molecule has 1 aromatic rings. The second-order valence-electron chi connectivity index (χ2n) is 3.87. The van der Waals surface area contributed by atoms with Gasteiger partial charge in [0.2, 0.25) is 0 Å². The van der Waals surface area contributed by atoms with E-state index < -0.39 is 6.43 Å². The van der Waals surface area contributed by atoms with E-state index in [0.29, 0.717) is 3.57 Å². The molecule has 0 unspecified atom stereocenters. The predicted octanol–water partition coefficient (Wildman–Crippen LogP) is 3.83. The van der Waals surface area contributed by atoms with Crippen molar-refractivity contribution in [3.63, 3.8) is 0 Å². The highest BCUT2D eigenvalue weighted by Gasteiger charge is 2.26. The number of halogens is 4. The van der Waals surface area contributed by atoms with E-state index in [1.807, 2.05) is 20.8 Å². The maximum absolute atomic E-state index is 12.5. The van der Waals surface area contributed by atoms with Gasteiger partial charge in [0.15, 0.2) is 0 Å². The Balaban J connectivity index is 3.29. The molecule has 0 saturated heterocycles. The summed E-state index contributed by atoms with van der Waals surface area (Å²) < 4.78 is 26.7. The molecule has 0 aliphatic carbocycles. The fourth-order valence-corrected chi connectivity index (χ4v) is 1.94. The Morgan fingerprint density at radius 1 is 1.43 bits per heavy atom. The Hall–Kier alpha value is 0.0900. The first-order chi connectivity index (χ1) is 6.25. The molecule has 1 aromatic heterocycles. The van der Waals surface area contributed by atoms with Crippen LogP contribution in [0.2, 0.25) is 5.15 Å². The molecule has 0 aliphatic heterocycles. The summed E-state index contributed by atoms with van der Waals surface area (Å²) in [5.41, 5.74) is -0.630. The fraction of sp³-hybridized carbons (Fsp3) is 0.625. The average Bonchev–Trinajstić information content (AvgIpc) is 2.28. The molecule has 14 heavy (non-hydrogen) atoms. The van der Waals surface area contributed by atoms with Gasteiger partial charge in [0.25, 0.3) is 6.43 Å². The minimum atomic E-state index is -2.58.